The average Bonchev–Trinajstić information content (AvgIpc) is 1.79. The van der Waals surface area contributed by atoms with E-state index >= 15 is 0 Å². The van der Waals surface area contributed by atoms with Crippen molar-refractivity contribution >= 4 is 0 Å². The Kier molecular flexibility index (Phi) is 2.14. The van der Waals surface area contributed by atoms with E-state index in [4.69, 9.17) is 5.26 Å². The van der Waals surface area contributed by atoms with E-state index in [9.17, 15) is 8.78 Å². The van der Waals surface area contributed by atoms with Crippen LogP contribution in [-0.2, 0) is 0 Å². The van der Waals surface area contributed by atoms with Crippen molar-refractivity contribution in [1.82, 2.24) is 0 Å². The van der Waals surface area contributed by atoms with Crippen molar-refractivity contribution < 1.29 is 8.78 Å². The number of halogens is 2. The monoisotopic (exact) mass is 187 g/mol. The molecule has 1 rings (SSSR count). The fraction of sp³-hybridized carbons (Fsp3) is 0.900. The first-order chi connectivity index (χ1) is 5.68. The molecule has 1 aliphatic carbocycles. The number of hydrogen-bond donors (Lipinski definition) is 0. The first-order valence-corrected chi connectivity index (χ1v) is 4.47. The van der Waals surface area contributed by atoms with Crippen molar-refractivity contribution in [1.29, 1.82) is 5.26 Å². The van der Waals surface area contributed by atoms with Gasteiger partial charge < -0.3 is 0 Å². The third-order valence-electron chi connectivity index (χ3n) is 2.52. The number of hydrogen-bond acceptors (Lipinski definition) is 1. The van der Waals surface area contributed by atoms with E-state index < -0.39 is 16.8 Å². The molecule has 1 nitrogen and oxygen atoms in total. The van der Waals surface area contributed by atoms with Crippen molar-refractivity contribution in [2.45, 2.75) is 46.0 Å². The minimum Gasteiger partial charge on any atom is -0.207 e. The average molecular weight is 187 g/mol. The molecule has 74 valence electrons. The Balaban J connectivity index is 2.92. The molecule has 0 heterocycles. The molecule has 0 spiro atoms. The highest BCUT2D eigenvalue weighted by Gasteiger charge is 2.50. The molecule has 1 aliphatic rings. The van der Waals surface area contributed by atoms with E-state index in [1.54, 1.807) is 20.8 Å². The fourth-order valence-corrected chi connectivity index (χ4v) is 2.59. The van der Waals surface area contributed by atoms with Crippen LogP contribution < -0.4 is 0 Å². The summed E-state index contributed by atoms with van der Waals surface area (Å²) in [6.45, 7) is 5.23. The zero-order valence-corrected chi connectivity index (χ0v) is 8.32. The van der Waals surface area contributed by atoms with Gasteiger partial charge in [0.25, 0.3) is 0 Å². The molecule has 0 saturated heterocycles. The van der Waals surface area contributed by atoms with Crippen LogP contribution in [0.25, 0.3) is 0 Å². The molecule has 1 saturated carbocycles. The van der Waals surface area contributed by atoms with Crippen LogP contribution in [0.5, 0.6) is 0 Å². The Labute approximate surface area is 77.7 Å². The topological polar surface area (TPSA) is 23.8 Å². The van der Waals surface area contributed by atoms with Crippen molar-refractivity contribution in [3.05, 3.63) is 0 Å². The van der Waals surface area contributed by atoms with Gasteiger partial charge in [-0.2, -0.15) is 5.26 Å². The van der Waals surface area contributed by atoms with Crippen LogP contribution in [0.3, 0.4) is 0 Å². The summed E-state index contributed by atoms with van der Waals surface area (Å²) in [5.41, 5.74) is -1.28. The molecule has 0 bridgehead atoms. The van der Waals surface area contributed by atoms with Gasteiger partial charge in [-0.15, -0.1) is 0 Å². The van der Waals surface area contributed by atoms with Crippen LogP contribution in [0.15, 0.2) is 0 Å². The fourth-order valence-electron chi connectivity index (χ4n) is 2.59. The Morgan fingerprint density at radius 3 is 2.00 bits per heavy atom. The summed E-state index contributed by atoms with van der Waals surface area (Å²) in [4.78, 5) is 0. The molecule has 13 heavy (non-hydrogen) atoms. The number of nitrogens with zero attached hydrogens (tertiary/aromatic N) is 1. The third kappa shape index (κ3) is 2.40. The van der Waals surface area contributed by atoms with Crippen LogP contribution in [0.1, 0.15) is 40.0 Å². The maximum atomic E-state index is 13.2. The van der Waals surface area contributed by atoms with Gasteiger partial charge in [0.05, 0.1) is 11.5 Å². The highest BCUT2D eigenvalue weighted by molar-refractivity contribution is 5.05. The lowest BCUT2D eigenvalue weighted by atomic mass is 9.64. The second-order valence-electron chi connectivity index (χ2n) is 5.22. The lowest BCUT2D eigenvalue weighted by Gasteiger charge is -2.42. The van der Waals surface area contributed by atoms with Gasteiger partial charge in [-0.05, 0) is 18.8 Å². The normalized spacial score (nSPS) is 36.6. The third-order valence-corrected chi connectivity index (χ3v) is 2.52. The Morgan fingerprint density at radius 2 is 1.62 bits per heavy atom. The van der Waals surface area contributed by atoms with Crippen molar-refractivity contribution in [2.75, 3.05) is 0 Å². The van der Waals surface area contributed by atoms with E-state index in [-0.39, 0.29) is 12.8 Å². The summed E-state index contributed by atoms with van der Waals surface area (Å²) in [6.07, 6.45) is 0.170. The molecule has 3 heteroatoms. The largest absolute Gasteiger partial charge is 0.250 e. The molecule has 0 amide bonds. The molecular formula is C10H15F2N. The van der Waals surface area contributed by atoms with Gasteiger partial charge in [0.1, 0.15) is 0 Å². The Bertz CT molecular complexity index is 234. The second-order valence-corrected chi connectivity index (χ2v) is 5.22. The van der Waals surface area contributed by atoms with Gasteiger partial charge in [0.2, 0.25) is 5.92 Å². The SMILES string of the molecule is CC1(C)CC(F)(F)CC(C)(C#N)C1. The maximum Gasteiger partial charge on any atom is 0.250 e. The van der Waals surface area contributed by atoms with Crippen LogP contribution in [-0.4, -0.2) is 5.92 Å². The highest BCUT2D eigenvalue weighted by Crippen LogP contribution is 2.52. The Hall–Kier alpha value is -0.650. The molecule has 0 aliphatic heterocycles. The first-order valence-electron chi connectivity index (χ1n) is 4.47. The summed E-state index contributed by atoms with van der Waals surface area (Å²) in [5, 5.41) is 8.83. The Morgan fingerprint density at radius 1 is 1.08 bits per heavy atom. The summed E-state index contributed by atoms with van der Waals surface area (Å²) < 4.78 is 26.5. The van der Waals surface area contributed by atoms with Gasteiger partial charge in [-0.3, -0.25) is 0 Å². The first kappa shape index (κ1) is 10.4. The molecule has 0 aromatic rings. The highest BCUT2D eigenvalue weighted by atomic mass is 19.3. The van der Waals surface area contributed by atoms with Crippen LogP contribution in [0, 0.1) is 22.2 Å². The van der Waals surface area contributed by atoms with Gasteiger partial charge >= 0.3 is 0 Å². The zero-order valence-electron chi connectivity index (χ0n) is 8.32. The summed E-state index contributed by atoms with van der Waals surface area (Å²) >= 11 is 0. The minimum absolute atomic E-state index is 0.0999. The van der Waals surface area contributed by atoms with Crippen LogP contribution in [0.2, 0.25) is 0 Å². The molecule has 1 fully saturated rings. The summed E-state index contributed by atoms with van der Waals surface area (Å²) in [5.74, 6) is -2.67. The zero-order chi connectivity index (χ0) is 10.3. The van der Waals surface area contributed by atoms with Crippen LogP contribution in [0.4, 0.5) is 8.78 Å². The molecule has 1 atom stereocenters. The van der Waals surface area contributed by atoms with E-state index in [1.807, 2.05) is 6.07 Å². The van der Waals surface area contributed by atoms with E-state index in [2.05, 4.69) is 0 Å². The van der Waals surface area contributed by atoms with Crippen LogP contribution >= 0.6 is 0 Å². The molecular weight excluding hydrogens is 172 g/mol. The molecule has 0 aromatic carbocycles. The van der Waals surface area contributed by atoms with E-state index in [1.165, 1.54) is 0 Å². The van der Waals surface area contributed by atoms with Gasteiger partial charge in [0, 0.05) is 12.8 Å². The number of nitriles is 1. The van der Waals surface area contributed by atoms with Gasteiger partial charge in [-0.25, -0.2) is 8.78 Å². The molecule has 0 N–H and O–H groups in total. The van der Waals surface area contributed by atoms with Gasteiger partial charge in [-0.1, -0.05) is 13.8 Å². The molecule has 0 aromatic heterocycles. The maximum absolute atomic E-state index is 13.2. The van der Waals surface area contributed by atoms with Crippen molar-refractivity contribution in [2.24, 2.45) is 10.8 Å². The standard InChI is InChI=1S/C10H15F2N/c1-8(2)4-9(3,7-13)6-10(11,12)5-8/h4-6H2,1-3H3. The lowest BCUT2D eigenvalue weighted by Crippen LogP contribution is -2.41. The van der Waals surface area contributed by atoms with Crippen molar-refractivity contribution in [3.63, 3.8) is 0 Å². The number of rotatable bonds is 0. The molecule has 1 unspecified atom stereocenters. The van der Waals surface area contributed by atoms with Crippen molar-refractivity contribution in [3.8, 4) is 6.07 Å². The number of alkyl halides is 2. The predicted molar refractivity (Wildman–Crippen MR) is 46.3 cm³/mol. The quantitative estimate of drug-likeness (QED) is 0.570. The second kappa shape index (κ2) is 2.67. The predicted octanol–water partition coefficient (Wildman–Crippen LogP) is 3.36. The van der Waals surface area contributed by atoms with Gasteiger partial charge in [0.15, 0.2) is 0 Å². The summed E-state index contributed by atoms with van der Waals surface area (Å²) in [7, 11) is 0. The summed E-state index contributed by atoms with van der Waals surface area (Å²) in [6, 6.07) is 2.01. The minimum atomic E-state index is -2.67. The van der Waals surface area contributed by atoms with E-state index in [0.717, 1.165) is 0 Å². The van der Waals surface area contributed by atoms with E-state index in [0.29, 0.717) is 6.42 Å². The lowest BCUT2D eigenvalue weighted by molar-refractivity contribution is -0.106. The molecule has 0 radical (unpaired) electrons. The smallest absolute Gasteiger partial charge is 0.207 e.